The fourth-order valence-electron chi connectivity index (χ4n) is 3.91. The SMILES string of the molecule is NCCOCCOCCOCCOCCC(=O)NCCC(=O)N1Cc2ccccc2/C=C\c2ccccc21. The van der Waals surface area contributed by atoms with Gasteiger partial charge in [-0.25, -0.2) is 0 Å². The summed E-state index contributed by atoms with van der Waals surface area (Å²) in [5, 5.41) is 2.82. The average molecular weight is 526 g/mol. The number of benzene rings is 2. The van der Waals surface area contributed by atoms with Crippen LogP contribution in [0.4, 0.5) is 5.69 Å². The third-order valence-electron chi connectivity index (χ3n) is 5.87. The molecular weight excluding hydrogens is 486 g/mol. The first-order valence-corrected chi connectivity index (χ1v) is 13.1. The molecule has 0 radical (unpaired) electrons. The van der Waals surface area contributed by atoms with Crippen molar-refractivity contribution in [2.45, 2.75) is 19.4 Å². The van der Waals surface area contributed by atoms with E-state index in [4.69, 9.17) is 24.7 Å². The van der Waals surface area contributed by atoms with Gasteiger partial charge in [0.25, 0.3) is 0 Å². The second kappa shape index (κ2) is 17.4. The van der Waals surface area contributed by atoms with Gasteiger partial charge in [-0.05, 0) is 22.8 Å². The second-order valence-corrected chi connectivity index (χ2v) is 8.66. The Morgan fingerprint density at radius 1 is 0.737 bits per heavy atom. The highest BCUT2D eigenvalue weighted by Crippen LogP contribution is 2.29. The summed E-state index contributed by atoms with van der Waals surface area (Å²) in [5.41, 5.74) is 9.36. The number of carbonyl (C=O) groups is 2. The first-order valence-electron chi connectivity index (χ1n) is 13.1. The van der Waals surface area contributed by atoms with Crippen LogP contribution in [-0.2, 0) is 35.1 Å². The van der Waals surface area contributed by atoms with Crippen molar-refractivity contribution in [1.82, 2.24) is 5.32 Å². The van der Waals surface area contributed by atoms with E-state index in [2.05, 4.69) is 11.4 Å². The van der Waals surface area contributed by atoms with Crippen LogP contribution in [0.1, 0.15) is 29.5 Å². The van der Waals surface area contributed by atoms with Crippen LogP contribution >= 0.6 is 0 Å². The monoisotopic (exact) mass is 525 g/mol. The normalized spacial score (nSPS) is 13.2. The topological polar surface area (TPSA) is 112 Å². The number of ether oxygens (including phenoxy) is 4. The highest BCUT2D eigenvalue weighted by Gasteiger charge is 2.20. The van der Waals surface area contributed by atoms with Crippen LogP contribution in [0.25, 0.3) is 12.2 Å². The van der Waals surface area contributed by atoms with Gasteiger partial charge in [0.05, 0.1) is 65.1 Å². The fraction of sp³-hybridized carbons (Fsp3) is 0.448. The van der Waals surface area contributed by atoms with E-state index < -0.39 is 0 Å². The lowest BCUT2D eigenvalue weighted by Gasteiger charge is -2.27. The summed E-state index contributed by atoms with van der Waals surface area (Å²) in [5.74, 6) is -0.186. The Morgan fingerprint density at radius 2 is 1.32 bits per heavy atom. The molecule has 38 heavy (non-hydrogen) atoms. The highest BCUT2D eigenvalue weighted by atomic mass is 16.6. The van der Waals surface area contributed by atoms with E-state index in [-0.39, 0.29) is 31.2 Å². The first-order chi connectivity index (χ1) is 18.7. The van der Waals surface area contributed by atoms with Crippen LogP contribution in [-0.4, -0.2) is 77.8 Å². The number of rotatable bonds is 17. The Kier molecular flexibility index (Phi) is 13.5. The zero-order chi connectivity index (χ0) is 26.8. The van der Waals surface area contributed by atoms with E-state index in [9.17, 15) is 9.59 Å². The van der Waals surface area contributed by atoms with Crippen LogP contribution in [0.15, 0.2) is 48.5 Å². The molecule has 2 amide bonds. The van der Waals surface area contributed by atoms with Gasteiger partial charge in [0, 0.05) is 25.9 Å². The Hall–Kier alpha value is -3.08. The smallest absolute Gasteiger partial charge is 0.229 e. The molecule has 2 aromatic carbocycles. The number of nitrogens with one attached hydrogen (secondary N) is 1. The largest absolute Gasteiger partial charge is 0.379 e. The highest BCUT2D eigenvalue weighted by molar-refractivity contribution is 5.97. The number of nitrogens with two attached hydrogens (primary N) is 1. The third-order valence-corrected chi connectivity index (χ3v) is 5.87. The summed E-state index contributed by atoms with van der Waals surface area (Å²) in [4.78, 5) is 27.2. The van der Waals surface area contributed by atoms with Gasteiger partial charge < -0.3 is 34.9 Å². The van der Waals surface area contributed by atoms with Gasteiger partial charge in [-0.1, -0.05) is 54.6 Å². The molecule has 3 N–H and O–H groups in total. The van der Waals surface area contributed by atoms with Crippen LogP contribution in [0.3, 0.4) is 0 Å². The quantitative estimate of drug-likeness (QED) is 0.305. The van der Waals surface area contributed by atoms with Crippen molar-refractivity contribution in [1.29, 1.82) is 0 Å². The Labute approximate surface area is 224 Å². The molecule has 0 unspecified atom stereocenters. The van der Waals surface area contributed by atoms with Gasteiger partial charge in [0.15, 0.2) is 0 Å². The Bertz CT molecular complexity index is 1030. The van der Waals surface area contributed by atoms with Crippen molar-refractivity contribution in [3.05, 3.63) is 65.2 Å². The lowest BCUT2D eigenvalue weighted by Crippen LogP contribution is -2.35. The van der Waals surface area contributed by atoms with Crippen molar-refractivity contribution in [3.8, 4) is 0 Å². The first kappa shape index (κ1) is 29.5. The van der Waals surface area contributed by atoms with Gasteiger partial charge in [-0.15, -0.1) is 0 Å². The number of fused-ring (bicyclic) bond motifs is 2. The summed E-state index contributed by atoms with van der Waals surface area (Å²) >= 11 is 0. The van der Waals surface area contributed by atoms with Crippen molar-refractivity contribution in [3.63, 3.8) is 0 Å². The molecule has 9 heteroatoms. The van der Waals surface area contributed by atoms with Gasteiger partial charge in [-0.3, -0.25) is 9.59 Å². The summed E-state index contributed by atoms with van der Waals surface area (Å²) in [6, 6.07) is 15.9. The van der Waals surface area contributed by atoms with Crippen molar-refractivity contribution in [2.75, 3.05) is 70.8 Å². The summed E-state index contributed by atoms with van der Waals surface area (Å²) < 4.78 is 21.4. The van der Waals surface area contributed by atoms with E-state index in [0.29, 0.717) is 65.9 Å². The maximum atomic E-state index is 13.2. The van der Waals surface area contributed by atoms with Crippen molar-refractivity contribution >= 4 is 29.7 Å². The molecule has 206 valence electrons. The number of para-hydroxylation sites is 1. The minimum absolute atomic E-state index is 0.0386. The van der Waals surface area contributed by atoms with Gasteiger partial charge >= 0.3 is 0 Å². The van der Waals surface area contributed by atoms with Gasteiger partial charge in [-0.2, -0.15) is 0 Å². The lowest BCUT2D eigenvalue weighted by atomic mass is 10.0. The molecule has 2 aromatic rings. The van der Waals surface area contributed by atoms with Crippen LogP contribution in [0.2, 0.25) is 0 Å². The molecule has 0 fully saturated rings. The Morgan fingerprint density at radius 3 is 2.03 bits per heavy atom. The van der Waals surface area contributed by atoms with Crippen molar-refractivity contribution in [2.24, 2.45) is 5.73 Å². The molecular formula is C29H39N3O6. The third kappa shape index (κ3) is 10.4. The zero-order valence-electron chi connectivity index (χ0n) is 21.9. The molecule has 9 nitrogen and oxygen atoms in total. The predicted octanol–water partition coefficient (Wildman–Crippen LogP) is 2.63. The van der Waals surface area contributed by atoms with Gasteiger partial charge in [0.1, 0.15) is 0 Å². The van der Waals surface area contributed by atoms with E-state index in [1.54, 1.807) is 4.90 Å². The minimum Gasteiger partial charge on any atom is -0.379 e. The summed E-state index contributed by atoms with van der Waals surface area (Å²) in [6.45, 7) is 4.91. The van der Waals surface area contributed by atoms with E-state index in [1.807, 2.05) is 54.6 Å². The average Bonchev–Trinajstić information content (AvgIpc) is 2.92. The van der Waals surface area contributed by atoms with Crippen LogP contribution in [0, 0.1) is 0 Å². The van der Waals surface area contributed by atoms with Gasteiger partial charge in [0.2, 0.25) is 11.8 Å². The molecule has 0 bridgehead atoms. The van der Waals surface area contributed by atoms with E-state index in [0.717, 1.165) is 22.4 Å². The molecule has 0 saturated heterocycles. The predicted molar refractivity (Wildman–Crippen MR) is 148 cm³/mol. The van der Waals surface area contributed by atoms with Crippen LogP contribution in [0.5, 0.6) is 0 Å². The summed E-state index contributed by atoms with van der Waals surface area (Å²) in [6.07, 6.45) is 4.56. The molecule has 0 atom stereocenters. The van der Waals surface area contributed by atoms with Crippen LogP contribution < -0.4 is 16.0 Å². The molecule has 0 spiro atoms. The standard InChI is InChI=1S/C29H39N3O6/c30-13-16-36-18-20-38-22-21-37-19-17-35-15-12-28(33)31-14-11-29(34)32-23-26-7-2-1-5-24(26)9-10-25-6-3-4-8-27(25)32/h1-10H,11-23,30H2,(H,31,33)/b10-9-. The number of hydrogen-bond donors (Lipinski definition) is 2. The maximum Gasteiger partial charge on any atom is 0.229 e. The number of amides is 2. The van der Waals surface area contributed by atoms with E-state index >= 15 is 0 Å². The summed E-state index contributed by atoms with van der Waals surface area (Å²) in [7, 11) is 0. The van der Waals surface area contributed by atoms with Crippen molar-refractivity contribution < 1.29 is 28.5 Å². The molecule has 3 rings (SSSR count). The Balaban J connectivity index is 1.29. The fourth-order valence-corrected chi connectivity index (χ4v) is 3.91. The molecule has 1 aliphatic rings. The minimum atomic E-state index is -0.148. The molecule has 1 aliphatic heterocycles. The second-order valence-electron chi connectivity index (χ2n) is 8.66. The lowest BCUT2D eigenvalue weighted by molar-refractivity contribution is -0.122. The number of nitrogens with zero attached hydrogens (tertiary/aromatic N) is 1. The number of anilines is 1. The number of hydrogen-bond acceptors (Lipinski definition) is 7. The maximum absolute atomic E-state index is 13.2. The zero-order valence-corrected chi connectivity index (χ0v) is 21.9. The molecule has 1 heterocycles. The van der Waals surface area contributed by atoms with E-state index in [1.165, 1.54) is 0 Å². The molecule has 0 aromatic heterocycles. The molecule has 0 saturated carbocycles. The molecule has 0 aliphatic carbocycles. The number of carbonyl (C=O) groups excluding carboxylic acids is 2.